The summed E-state index contributed by atoms with van der Waals surface area (Å²) in [6.45, 7) is 0.514. The molecular formula is C21H29NO11S. The molecule has 2 fully saturated rings. The van der Waals surface area contributed by atoms with Crippen molar-refractivity contribution in [2.24, 2.45) is 0 Å². The van der Waals surface area contributed by atoms with Gasteiger partial charge in [0.25, 0.3) is 0 Å². The van der Waals surface area contributed by atoms with Crippen LogP contribution in [0.15, 0.2) is 30.3 Å². The van der Waals surface area contributed by atoms with Gasteiger partial charge in [0.15, 0.2) is 12.4 Å². The highest BCUT2D eigenvalue weighted by molar-refractivity contribution is 8.00. The van der Waals surface area contributed by atoms with Crippen LogP contribution in [-0.4, -0.2) is 109 Å². The summed E-state index contributed by atoms with van der Waals surface area (Å²) in [6, 6.07) is 7.68. The molecule has 1 aromatic carbocycles. The van der Waals surface area contributed by atoms with Crippen molar-refractivity contribution in [3.05, 3.63) is 35.9 Å². The van der Waals surface area contributed by atoms with E-state index in [1.54, 1.807) is 30.3 Å². The molecule has 12 nitrogen and oxygen atoms in total. The van der Waals surface area contributed by atoms with Crippen molar-refractivity contribution in [1.29, 1.82) is 0 Å². The average molecular weight is 504 g/mol. The Hall–Kier alpha value is -1.81. The van der Waals surface area contributed by atoms with E-state index in [0.29, 0.717) is 11.8 Å². The molecule has 34 heavy (non-hydrogen) atoms. The maximum Gasteiger partial charge on any atom is 0.334 e. The number of aliphatic carboxylic acids is 1. The zero-order valence-corrected chi connectivity index (χ0v) is 19.0. The molecule has 7 N–H and O–H groups in total. The van der Waals surface area contributed by atoms with E-state index in [1.165, 1.54) is 6.92 Å². The van der Waals surface area contributed by atoms with Gasteiger partial charge in [0.2, 0.25) is 5.91 Å². The van der Waals surface area contributed by atoms with Gasteiger partial charge in [-0.25, -0.2) is 4.79 Å². The van der Waals surface area contributed by atoms with Crippen molar-refractivity contribution in [1.82, 2.24) is 5.32 Å². The third kappa shape index (κ3) is 6.05. The molecule has 3 rings (SSSR count). The lowest BCUT2D eigenvalue weighted by molar-refractivity contribution is -0.267. The first-order chi connectivity index (χ1) is 16.1. The molecule has 2 heterocycles. The largest absolute Gasteiger partial charge is 0.479 e. The molecule has 10 atom stereocenters. The van der Waals surface area contributed by atoms with Crippen LogP contribution in [0.25, 0.3) is 0 Å². The average Bonchev–Trinajstić information content (AvgIpc) is 2.81. The van der Waals surface area contributed by atoms with Crippen molar-refractivity contribution < 1.29 is 54.4 Å². The summed E-state index contributed by atoms with van der Waals surface area (Å²) < 4.78 is 16.6. The summed E-state index contributed by atoms with van der Waals surface area (Å²) in [5, 5.41) is 62.3. The maximum atomic E-state index is 11.9. The van der Waals surface area contributed by atoms with Crippen molar-refractivity contribution in [2.75, 3.05) is 6.61 Å². The van der Waals surface area contributed by atoms with Gasteiger partial charge in [-0.05, 0) is 5.56 Å². The molecule has 13 heteroatoms. The number of carbonyl (C=O) groups is 2. The molecule has 1 aromatic rings. The minimum absolute atomic E-state index is 0.00195. The normalized spacial score (nSPS) is 38.3. The van der Waals surface area contributed by atoms with Crippen LogP contribution in [0.4, 0.5) is 0 Å². The Morgan fingerprint density at radius 2 is 1.71 bits per heavy atom. The fraction of sp³-hybridized carbons (Fsp3) is 0.619. The number of benzene rings is 1. The third-order valence-corrected chi connectivity index (χ3v) is 7.10. The zero-order valence-electron chi connectivity index (χ0n) is 18.2. The SMILES string of the molecule is CC(=O)N[C@@H]1[C@@H](O)[C@@H](O)[C@@H](CO)O[C@H]1S[C@H]1[C@H](O)[C@@H](O)[C@H](OCc2ccccc2)O[C@@H]1C(=O)O. The second kappa shape index (κ2) is 11.7. The van der Waals surface area contributed by atoms with E-state index < -0.39 is 78.1 Å². The lowest BCUT2D eigenvalue weighted by Crippen LogP contribution is -2.65. The molecule has 2 aliphatic rings. The van der Waals surface area contributed by atoms with E-state index in [2.05, 4.69) is 5.32 Å². The van der Waals surface area contributed by atoms with Crippen LogP contribution in [0.2, 0.25) is 0 Å². The van der Waals surface area contributed by atoms with Crippen LogP contribution >= 0.6 is 11.8 Å². The molecular weight excluding hydrogens is 474 g/mol. The fourth-order valence-corrected chi connectivity index (χ4v) is 5.38. The number of carbonyl (C=O) groups excluding carboxylic acids is 1. The number of amides is 1. The van der Waals surface area contributed by atoms with Crippen LogP contribution in [0.5, 0.6) is 0 Å². The van der Waals surface area contributed by atoms with E-state index >= 15 is 0 Å². The van der Waals surface area contributed by atoms with Gasteiger partial charge in [-0.1, -0.05) is 30.3 Å². The number of nitrogens with one attached hydrogen (secondary N) is 1. The summed E-state index contributed by atoms with van der Waals surface area (Å²) in [7, 11) is 0. The zero-order chi connectivity index (χ0) is 25.0. The Labute approximate surface area is 199 Å². The minimum atomic E-state index is -1.65. The Balaban J connectivity index is 1.77. The molecule has 0 spiro atoms. The second-order valence-corrected chi connectivity index (χ2v) is 9.36. The van der Waals surface area contributed by atoms with E-state index in [4.69, 9.17) is 14.2 Å². The predicted octanol–water partition coefficient (Wildman–Crippen LogP) is -2.22. The first kappa shape index (κ1) is 26.8. The van der Waals surface area contributed by atoms with Gasteiger partial charge in [-0.3, -0.25) is 4.79 Å². The predicted molar refractivity (Wildman–Crippen MR) is 116 cm³/mol. The number of carboxylic acid groups (broad SMARTS) is 1. The molecule has 2 saturated heterocycles. The molecule has 0 aliphatic carbocycles. The molecule has 1 amide bonds. The lowest BCUT2D eigenvalue weighted by atomic mass is 9.98. The smallest absolute Gasteiger partial charge is 0.334 e. The van der Waals surface area contributed by atoms with Crippen LogP contribution in [0.3, 0.4) is 0 Å². The van der Waals surface area contributed by atoms with E-state index in [9.17, 15) is 40.2 Å². The number of aliphatic hydroxyl groups is 5. The van der Waals surface area contributed by atoms with E-state index in [0.717, 1.165) is 5.56 Å². The van der Waals surface area contributed by atoms with Gasteiger partial charge in [0.05, 0.1) is 30.6 Å². The minimum Gasteiger partial charge on any atom is -0.479 e. The number of carboxylic acids is 1. The van der Waals surface area contributed by atoms with Gasteiger partial charge >= 0.3 is 5.97 Å². The van der Waals surface area contributed by atoms with Gasteiger partial charge in [-0.15, -0.1) is 11.8 Å². The van der Waals surface area contributed by atoms with Crippen molar-refractivity contribution >= 4 is 23.6 Å². The van der Waals surface area contributed by atoms with Crippen molar-refractivity contribution in [2.45, 2.75) is 73.2 Å². The molecule has 0 saturated carbocycles. The Morgan fingerprint density at radius 3 is 2.29 bits per heavy atom. The number of rotatable bonds is 8. The molecule has 0 radical (unpaired) electrons. The summed E-state index contributed by atoms with van der Waals surface area (Å²) in [5.74, 6) is -2.00. The Morgan fingerprint density at radius 1 is 1.03 bits per heavy atom. The summed E-state index contributed by atoms with van der Waals surface area (Å²) >= 11 is 0.691. The summed E-state index contributed by atoms with van der Waals surface area (Å²) in [6.07, 6.45) is -10.7. The number of aliphatic hydroxyl groups excluding tert-OH is 5. The molecule has 0 aromatic heterocycles. The summed E-state index contributed by atoms with van der Waals surface area (Å²) in [5.41, 5.74) is -0.453. The molecule has 190 valence electrons. The second-order valence-electron chi connectivity index (χ2n) is 8.07. The first-order valence-corrected chi connectivity index (χ1v) is 11.5. The first-order valence-electron chi connectivity index (χ1n) is 10.6. The number of hydrogen-bond donors (Lipinski definition) is 7. The summed E-state index contributed by atoms with van der Waals surface area (Å²) in [4.78, 5) is 23.6. The highest BCUT2D eigenvalue weighted by Gasteiger charge is 2.52. The lowest BCUT2D eigenvalue weighted by Gasteiger charge is -2.46. The van der Waals surface area contributed by atoms with Crippen LogP contribution in [0.1, 0.15) is 12.5 Å². The standard InChI is InChI=1S/C21H29NO11S/c1-9(24)22-12-14(26)13(25)11(7-23)32-21(12)34-18-15(27)16(28)20(33-17(18)19(29)30)31-8-10-5-3-2-4-6-10/h2-6,11-18,20-21,23,25-28H,7-8H2,1H3,(H,22,24)(H,29,30)/t11-,12-,13+,14-,15-,16-,17+,18+,20-,21+/m1/s1. The van der Waals surface area contributed by atoms with Crippen LogP contribution in [0, 0.1) is 0 Å². The van der Waals surface area contributed by atoms with Crippen molar-refractivity contribution in [3.63, 3.8) is 0 Å². The quantitative estimate of drug-likeness (QED) is 0.202. The highest BCUT2D eigenvalue weighted by atomic mass is 32.2. The maximum absolute atomic E-state index is 11.9. The number of ether oxygens (including phenoxy) is 3. The third-order valence-electron chi connectivity index (χ3n) is 5.59. The molecule has 0 unspecified atom stereocenters. The van der Waals surface area contributed by atoms with Gasteiger partial charge in [-0.2, -0.15) is 0 Å². The van der Waals surface area contributed by atoms with Gasteiger partial charge < -0.3 is 50.2 Å². The molecule has 2 aliphatic heterocycles. The number of hydrogen-bond acceptors (Lipinski definition) is 11. The number of thioether (sulfide) groups is 1. The topological polar surface area (TPSA) is 195 Å². The van der Waals surface area contributed by atoms with E-state index in [1.807, 2.05) is 0 Å². The fourth-order valence-electron chi connectivity index (χ4n) is 3.82. The van der Waals surface area contributed by atoms with Gasteiger partial charge in [0, 0.05) is 6.92 Å². The van der Waals surface area contributed by atoms with E-state index in [-0.39, 0.29) is 6.61 Å². The Kier molecular flexibility index (Phi) is 9.26. The Bertz CT molecular complexity index is 830. The highest BCUT2D eigenvalue weighted by Crippen LogP contribution is 2.38. The van der Waals surface area contributed by atoms with Crippen molar-refractivity contribution in [3.8, 4) is 0 Å². The molecule has 0 bridgehead atoms. The monoisotopic (exact) mass is 503 g/mol. The van der Waals surface area contributed by atoms with Crippen LogP contribution in [-0.2, 0) is 30.4 Å². The van der Waals surface area contributed by atoms with Crippen LogP contribution < -0.4 is 5.32 Å². The van der Waals surface area contributed by atoms with Gasteiger partial charge in [0.1, 0.15) is 29.9 Å².